The van der Waals surface area contributed by atoms with E-state index in [1.54, 1.807) is 24.3 Å². The smallest absolute Gasteiger partial charge is 0.410 e. The van der Waals surface area contributed by atoms with Crippen LogP contribution < -0.4 is 14.4 Å². The summed E-state index contributed by atoms with van der Waals surface area (Å²) >= 11 is 7.33. The fourth-order valence-electron chi connectivity index (χ4n) is 11.8. The van der Waals surface area contributed by atoms with Gasteiger partial charge in [-0.15, -0.1) is 5.54 Å². The van der Waals surface area contributed by atoms with Gasteiger partial charge in [-0.05, 0) is 105 Å². The van der Waals surface area contributed by atoms with Crippen LogP contribution in [0.2, 0.25) is 21.6 Å². The van der Waals surface area contributed by atoms with Gasteiger partial charge in [0.1, 0.15) is 36.6 Å². The van der Waals surface area contributed by atoms with E-state index in [1.165, 1.54) is 13.2 Å². The summed E-state index contributed by atoms with van der Waals surface area (Å²) in [5, 5.41) is 1.52. The average Bonchev–Trinajstić information content (AvgIpc) is 3.53. The highest BCUT2D eigenvalue weighted by Gasteiger charge is 2.50. The SMILES string of the molecule is COCOc1cc(-c2c(Cl)cc3c(N4CC5CCC(C4)N5C(=O)OC(C)(C)C)nc(OCC4(CN5C[C@@H]6C[C@H]5CO6)CC4)nc3c2F)c2c(C#C[Si](C(C)C)(C(C)C)C(C)C)c(F)ccc2c1. The minimum Gasteiger partial charge on any atom is -0.468 e. The van der Waals surface area contributed by atoms with E-state index in [4.69, 9.17) is 45.3 Å². The Morgan fingerprint density at radius 3 is 2.27 bits per heavy atom. The van der Waals surface area contributed by atoms with Crippen molar-refractivity contribution < 1.29 is 37.3 Å². The summed E-state index contributed by atoms with van der Waals surface area (Å²) in [6, 6.07) is 8.45. The van der Waals surface area contributed by atoms with E-state index in [-0.39, 0.29) is 58.1 Å². The predicted molar refractivity (Wildman–Crippen MR) is 262 cm³/mol. The first-order chi connectivity index (χ1) is 31.8. The molecule has 5 fully saturated rings. The molecule has 1 aliphatic carbocycles. The molecule has 4 aromatic rings. The molecule has 360 valence electrons. The molecule has 4 atom stereocenters. The number of benzene rings is 3. The zero-order valence-electron chi connectivity index (χ0n) is 40.7. The first-order valence-electron chi connectivity index (χ1n) is 24.2. The van der Waals surface area contributed by atoms with Crippen LogP contribution in [0, 0.1) is 28.5 Å². The van der Waals surface area contributed by atoms with E-state index < -0.39 is 25.3 Å². The molecule has 3 aromatic carbocycles. The quantitative estimate of drug-likeness (QED) is 0.0732. The number of halogens is 3. The van der Waals surface area contributed by atoms with E-state index in [0.717, 1.165) is 51.8 Å². The van der Waals surface area contributed by atoms with Crippen molar-refractivity contribution in [3.63, 3.8) is 0 Å². The Hall–Kier alpha value is -4.26. The zero-order chi connectivity index (χ0) is 47.7. The van der Waals surface area contributed by atoms with Crippen molar-refractivity contribution in [1.82, 2.24) is 19.8 Å². The maximum atomic E-state index is 18.2. The summed E-state index contributed by atoms with van der Waals surface area (Å²) in [7, 11) is -0.810. The van der Waals surface area contributed by atoms with Crippen molar-refractivity contribution in [3.05, 3.63) is 52.6 Å². The molecule has 67 heavy (non-hydrogen) atoms. The molecule has 1 amide bonds. The molecule has 1 aromatic heterocycles. The Balaban J connectivity index is 1.18. The van der Waals surface area contributed by atoms with Gasteiger partial charge in [-0.25, -0.2) is 13.6 Å². The number of fused-ring (bicyclic) bond motifs is 6. The average molecular weight is 959 g/mol. The summed E-state index contributed by atoms with van der Waals surface area (Å²) < 4.78 is 64.3. The molecule has 11 nitrogen and oxygen atoms in total. The number of methoxy groups -OCH3 is 1. The Morgan fingerprint density at radius 2 is 1.67 bits per heavy atom. The number of rotatable bonds is 13. The highest BCUT2D eigenvalue weighted by molar-refractivity contribution is 6.90. The van der Waals surface area contributed by atoms with Crippen LogP contribution in [0.4, 0.5) is 19.4 Å². The number of carbonyl (C=O) groups excluding carboxylic acids is 1. The molecule has 2 unspecified atom stereocenters. The van der Waals surface area contributed by atoms with Gasteiger partial charge in [-0.1, -0.05) is 65.1 Å². The van der Waals surface area contributed by atoms with Crippen LogP contribution >= 0.6 is 11.6 Å². The number of morpholine rings is 1. The number of amides is 1. The van der Waals surface area contributed by atoms with Gasteiger partial charge in [0.25, 0.3) is 0 Å². The van der Waals surface area contributed by atoms with Crippen LogP contribution in [0.15, 0.2) is 30.3 Å². The van der Waals surface area contributed by atoms with Gasteiger partial charge >= 0.3 is 12.1 Å². The Bertz CT molecular complexity index is 2590. The molecule has 0 spiro atoms. The van der Waals surface area contributed by atoms with Crippen LogP contribution in [0.25, 0.3) is 32.8 Å². The van der Waals surface area contributed by atoms with E-state index in [9.17, 15) is 4.79 Å². The first kappa shape index (κ1) is 47.8. The number of likely N-dealkylation sites (tertiary alicyclic amines) is 1. The Kier molecular flexibility index (Phi) is 13.0. The molecule has 0 N–H and O–H groups in total. The second kappa shape index (κ2) is 18.2. The van der Waals surface area contributed by atoms with E-state index >= 15 is 8.78 Å². The van der Waals surface area contributed by atoms with Gasteiger partial charge in [0.05, 0.1) is 42.0 Å². The van der Waals surface area contributed by atoms with Crippen molar-refractivity contribution in [1.29, 1.82) is 0 Å². The Labute approximate surface area is 400 Å². The molecular weight excluding hydrogens is 892 g/mol. The fourth-order valence-corrected chi connectivity index (χ4v) is 17.3. The van der Waals surface area contributed by atoms with Crippen LogP contribution in [0.5, 0.6) is 11.8 Å². The van der Waals surface area contributed by atoms with Gasteiger partial charge < -0.3 is 28.6 Å². The number of hydrogen-bond acceptors (Lipinski definition) is 10. The standard InChI is InChI=1S/C52H66ClF2N5O6Si/c1-30(2)67(31(3)4,32(5)6)18-15-39-43(54)14-11-33-19-37(65-29-62-10)21-40(44(33)39)45-42(53)22-41-47(46(45)55)56-49(64-28-52(16-17-52)27-59-25-38-20-36(59)26-63-38)57-48(41)58-23-34-12-13-35(24-58)60(34)50(61)66-51(7,8)9/h11,14,19,21-22,30-32,34-36,38H,12-13,16-17,20,23-29H2,1-10H3/t34?,35?,36-,38-/m0/s1. The Morgan fingerprint density at radius 1 is 0.970 bits per heavy atom. The number of anilines is 1. The van der Waals surface area contributed by atoms with Crippen molar-refractivity contribution in [2.75, 3.05) is 58.2 Å². The van der Waals surface area contributed by atoms with E-state index in [0.29, 0.717) is 81.8 Å². The van der Waals surface area contributed by atoms with Crippen LogP contribution in [0.3, 0.4) is 0 Å². The number of carbonyl (C=O) groups is 1. The van der Waals surface area contributed by atoms with Gasteiger partial charge in [0, 0.05) is 61.1 Å². The second-order valence-electron chi connectivity index (χ2n) is 21.7. The highest BCUT2D eigenvalue weighted by atomic mass is 35.5. The molecule has 5 heterocycles. The van der Waals surface area contributed by atoms with Gasteiger partial charge in [-0.3, -0.25) is 9.80 Å². The molecule has 4 bridgehead atoms. The minimum atomic E-state index is -2.33. The van der Waals surface area contributed by atoms with Crippen LogP contribution in [-0.4, -0.2) is 117 Å². The predicted octanol–water partition coefficient (Wildman–Crippen LogP) is 11.2. The number of piperazine rings is 1. The molecular formula is C52H66ClF2N5O6Si. The topological polar surface area (TPSA) is 98.7 Å². The lowest BCUT2D eigenvalue weighted by Gasteiger charge is -2.42. The lowest BCUT2D eigenvalue weighted by atomic mass is 9.93. The summed E-state index contributed by atoms with van der Waals surface area (Å²) in [6.07, 6.45) is 4.64. The normalized spacial score (nSPS) is 22.4. The monoisotopic (exact) mass is 957 g/mol. The van der Waals surface area contributed by atoms with Gasteiger partial charge in [0.2, 0.25) is 0 Å². The van der Waals surface area contributed by atoms with Crippen molar-refractivity contribution in [3.8, 4) is 34.4 Å². The lowest BCUT2D eigenvalue weighted by Crippen LogP contribution is -2.57. The summed E-state index contributed by atoms with van der Waals surface area (Å²) in [4.78, 5) is 29.9. The van der Waals surface area contributed by atoms with Crippen molar-refractivity contribution >= 4 is 53.3 Å². The number of aromatic nitrogens is 2. The van der Waals surface area contributed by atoms with Crippen LogP contribution in [-0.2, 0) is 14.2 Å². The van der Waals surface area contributed by atoms with Crippen molar-refractivity contribution in [2.45, 2.75) is 141 Å². The summed E-state index contributed by atoms with van der Waals surface area (Å²) in [5.41, 5.74) is 4.46. The molecule has 4 aliphatic heterocycles. The third-order valence-corrected chi connectivity index (χ3v) is 21.8. The van der Waals surface area contributed by atoms with Crippen LogP contribution in [0.1, 0.15) is 100.0 Å². The van der Waals surface area contributed by atoms with Crippen molar-refractivity contribution in [2.24, 2.45) is 5.41 Å². The highest BCUT2D eigenvalue weighted by Crippen LogP contribution is 2.49. The molecule has 9 rings (SSSR count). The molecule has 1 saturated carbocycles. The summed E-state index contributed by atoms with van der Waals surface area (Å²) in [5.74, 6) is 3.02. The zero-order valence-corrected chi connectivity index (χ0v) is 42.5. The van der Waals surface area contributed by atoms with E-state index in [2.05, 4.69) is 62.8 Å². The second-order valence-corrected chi connectivity index (χ2v) is 27.7. The summed E-state index contributed by atoms with van der Waals surface area (Å²) in [6.45, 7) is 22.7. The largest absolute Gasteiger partial charge is 0.468 e. The number of nitrogens with zero attached hydrogens (tertiary/aromatic N) is 5. The third-order valence-electron chi connectivity index (χ3n) is 15.2. The maximum Gasteiger partial charge on any atom is 0.410 e. The molecule has 15 heteroatoms. The van der Waals surface area contributed by atoms with Gasteiger partial charge in [0.15, 0.2) is 12.6 Å². The molecule has 5 aliphatic rings. The lowest BCUT2D eigenvalue weighted by molar-refractivity contribution is 0.0122. The fraction of sp³-hybridized carbons (Fsp3) is 0.596. The minimum absolute atomic E-state index is 0.0198. The van der Waals surface area contributed by atoms with Gasteiger partial charge in [-0.2, -0.15) is 9.97 Å². The number of hydrogen-bond donors (Lipinski definition) is 0. The molecule has 0 radical (unpaired) electrons. The maximum absolute atomic E-state index is 18.2. The van der Waals surface area contributed by atoms with E-state index in [1.807, 2.05) is 25.7 Å². The molecule has 4 saturated heterocycles. The number of ether oxygens (including phenoxy) is 5. The third kappa shape index (κ3) is 9.08. The first-order valence-corrected chi connectivity index (χ1v) is 26.8.